The monoisotopic (exact) mass is 182 g/mol. The van der Waals surface area contributed by atoms with E-state index in [0.29, 0.717) is 0 Å². The first-order chi connectivity index (χ1) is 3.18. The van der Waals surface area contributed by atoms with Gasteiger partial charge in [-0.25, -0.2) is 8.78 Å². The summed E-state index contributed by atoms with van der Waals surface area (Å²) in [5.74, 6) is 0. The Balaban J connectivity index is -0.000000180. The molecule has 0 bridgehead atoms. The minimum atomic E-state index is -2.48. The lowest BCUT2D eigenvalue weighted by atomic mass is 10.3. The highest BCUT2D eigenvalue weighted by molar-refractivity contribution is 5.85. The summed E-state index contributed by atoms with van der Waals surface area (Å²) in [6.45, 7) is -0.155. The molecule has 60 valence electrons. The Morgan fingerprint density at radius 3 is 1.56 bits per heavy atom. The van der Waals surface area contributed by atoms with Gasteiger partial charge in [0.05, 0.1) is 6.04 Å². The summed E-state index contributed by atoms with van der Waals surface area (Å²) in [7, 11) is 0. The highest BCUT2D eigenvalue weighted by atomic mass is 35.5. The van der Waals surface area contributed by atoms with Crippen molar-refractivity contribution in [2.75, 3.05) is 6.54 Å². The number of halogens is 4. The molecular formula is C3H10Cl2F2N2. The Morgan fingerprint density at radius 1 is 1.22 bits per heavy atom. The molecule has 6 heteroatoms. The molecule has 0 aliphatic rings. The summed E-state index contributed by atoms with van der Waals surface area (Å²) in [5, 5.41) is 0. The molecule has 0 heterocycles. The van der Waals surface area contributed by atoms with Crippen LogP contribution in [0.25, 0.3) is 0 Å². The zero-order valence-electron chi connectivity index (χ0n) is 4.59. The van der Waals surface area contributed by atoms with E-state index in [0.717, 1.165) is 0 Å². The van der Waals surface area contributed by atoms with E-state index in [4.69, 9.17) is 11.5 Å². The van der Waals surface area contributed by atoms with Crippen molar-refractivity contribution in [1.82, 2.24) is 0 Å². The van der Waals surface area contributed by atoms with Gasteiger partial charge in [-0.1, -0.05) is 0 Å². The third-order valence-corrected chi connectivity index (χ3v) is 0.596. The maximum Gasteiger partial charge on any atom is 0.254 e. The molecule has 0 fully saturated rings. The normalized spacial score (nSPS) is 11.7. The van der Waals surface area contributed by atoms with Crippen molar-refractivity contribution in [2.45, 2.75) is 12.5 Å². The third kappa shape index (κ3) is 8.36. The van der Waals surface area contributed by atoms with Gasteiger partial charge in [0.15, 0.2) is 0 Å². The van der Waals surface area contributed by atoms with Gasteiger partial charge in [-0.05, 0) is 0 Å². The number of hydrogen-bond donors (Lipinski definition) is 2. The van der Waals surface area contributed by atoms with Gasteiger partial charge >= 0.3 is 0 Å². The maximum absolute atomic E-state index is 11.2. The summed E-state index contributed by atoms with van der Waals surface area (Å²) in [6.07, 6.45) is -2.48. The van der Waals surface area contributed by atoms with Crippen molar-refractivity contribution in [3.05, 3.63) is 0 Å². The van der Waals surface area contributed by atoms with Crippen molar-refractivity contribution in [2.24, 2.45) is 11.5 Å². The van der Waals surface area contributed by atoms with Gasteiger partial charge in [-0.15, -0.1) is 24.8 Å². The quantitative estimate of drug-likeness (QED) is 0.650. The second-order valence-corrected chi connectivity index (χ2v) is 1.23. The molecule has 0 spiro atoms. The first kappa shape index (κ1) is 16.2. The first-order valence-corrected chi connectivity index (χ1v) is 1.92. The van der Waals surface area contributed by atoms with Crippen LogP contribution in [0.4, 0.5) is 8.78 Å². The van der Waals surface area contributed by atoms with Crippen molar-refractivity contribution >= 4 is 24.8 Å². The predicted octanol–water partition coefficient (Wildman–Crippen LogP) is 0.381. The lowest BCUT2D eigenvalue weighted by Crippen LogP contribution is -2.36. The first-order valence-electron chi connectivity index (χ1n) is 1.92. The molecule has 0 amide bonds. The van der Waals surface area contributed by atoms with E-state index < -0.39 is 12.5 Å². The molecule has 0 saturated heterocycles. The fourth-order valence-corrected chi connectivity index (χ4v) is 0.103. The Labute approximate surface area is 64.8 Å². The fourth-order valence-electron chi connectivity index (χ4n) is 0.103. The number of nitrogens with two attached hydrogens (primary N) is 2. The van der Waals surface area contributed by atoms with Gasteiger partial charge in [0.25, 0.3) is 6.43 Å². The zero-order chi connectivity index (χ0) is 5.86. The molecule has 9 heavy (non-hydrogen) atoms. The van der Waals surface area contributed by atoms with E-state index in [-0.39, 0.29) is 31.4 Å². The van der Waals surface area contributed by atoms with E-state index in [1.807, 2.05) is 0 Å². The van der Waals surface area contributed by atoms with Crippen LogP contribution in [0.1, 0.15) is 0 Å². The molecule has 0 aliphatic carbocycles. The van der Waals surface area contributed by atoms with E-state index in [1.165, 1.54) is 0 Å². The van der Waals surface area contributed by atoms with E-state index in [9.17, 15) is 8.78 Å². The molecule has 0 aromatic carbocycles. The summed E-state index contributed by atoms with van der Waals surface area (Å²) in [6, 6.07) is -1.15. The van der Waals surface area contributed by atoms with Crippen LogP contribution in [0.5, 0.6) is 0 Å². The zero-order valence-corrected chi connectivity index (χ0v) is 6.22. The lowest BCUT2D eigenvalue weighted by molar-refractivity contribution is 0.119. The standard InChI is InChI=1S/C3H8F2N2.2ClH/c4-3(5)2(7)1-6;;/h2-3H,1,6-7H2;2*1H. The molecule has 1 atom stereocenters. The molecule has 0 rings (SSSR count). The Kier molecular flexibility index (Phi) is 15.0. The number of alkyl halides is 2. The Bertz CT molecular complexity index is 55.1. The average Bonchev–Trinajstić information content (AvgIpc) is 1.65. The van der Waals surface area contributed by atoms with Crippen LogP contribution in [0.2, 0.25) is 0 Å². The van der Waals surface area contributed by atoms with Crippen LogP contribution >= 0.6 is 24.8 Å². The van der Waals surface area contributed by atoms with Crippen molar-refractivity contribution < 1.29 is 8.78 Å². The predicted molar refractivity (Wildman–Crippen MR) is 37.5 cm³/mol. The minimum absolute atomic E-state index is 0. The summed E-state index contributed by atoms with van der Waals surface area (Å²) >= 11 is 0. The fraction of sp³-hybridized carbons (Fsp3) is 1.00. The summed E-state index contributed by atoms with van der Waals surface area (Å²) in [5.41, 5.74) is 9.51. The Hall–Kier alpha value is 0.360. The second kappa shape index (κ2) is 8.36. The molecule has 1 unspecified atom stereocenters. The number of rotatable bonds is 2. The van der Waals surface area contributed by atoms with Gasteiger partial charge in [0.1, 0.15) is 0 Å². The van der Waals surface area contributed by atoms with Crippen LogP contribution in [-0.4, -0.2) is 19.0 Å². The van der Waals surface area contributed by atoms with Gasteiger partial charge < -0.3 is 11.5 Å². The molecule has 0 radical (unpaired) electrons. The molecule has 0 aromatic heterocycles. The van der Waals surface area contributed by atoms with Crippen LogP contribution in [0.15, 0.2) is 0 Å². The second-order valence-electron chi connectivity index (χ2n) is 1.23. The molecule has 0 aliphatic heterocycles. The molecule has 4 N–H and O–H groups in total. The highest BCUT2D eigenvalue weighted by Crippen LogP contribution is 1.93. The topological polar surface area (TPSA) is 52.0 Å². The van der Waals surface area contributed by atoms with Crippen LogP contribution in [0.3, 0.4) is 0 Å². The van der Waals surface area contributed by atoms with E-state index >= 15 is 0 Å². The number of hydrogen-bond acceptors (Lipinski definition) is 2. The maximum atomic E-state index is 11.2. The van der Waals surface area contributed by atoms with Crippen LogP contribution < -0.4 is 11.5 Å². The Morgan fingerprint density at radius 2 is 1.56 bits per heavy atom. The summed E-state index contributed by atoms with van der Waals surface area (Å²) < 4.78 is 22.4. The average molecular weight is 183 g/mol. The summed E-state index contributed by atoms with van der Waals surface area (Å²) in [4.78, 5) is 0. The van der Waals surface area contributed by atoms with Gasteiger partial charge in [-0.3, -0.25) is 0 Å². The third-order valence-electron chi connectivity index (χ3n) is 0.596. The lowest BCUT2D eigenvalue weighted by Gasteiger charge is -2.03. The SMILES string of the molecule is Cl.Cl.NCC(N)C(F)F. The van der Waals surface area contributed by atoms with Crippen LogP contribution in [-0.2, 0) is 0 Å². The molecule has 2 nitrogen and oxygen atoms in total. The van der Waals surface area contributed by atoms with E-state index in [1.54, 1.807) is 0 Å². The van der Waals surface area contributed by atoms with Crippen molar-refractivity contribution in [3.8, 4) is 0 Å². The molecular weight excluding hydrogens is 173 g/mol. The van der Waals surface area contributed by atoms with Gasteiger partial charge in [-0.2, -0.15) is 0 Å². The smallest absolute Gasteiger partial charge is 0.254 e. The van der Waals surface area contributed by atoms with Gasteiger partial charge in [0, 0.05) is 6.54 Å². The van der Waals surface area contributed by atoms with Crippen molar-refractivity contribution in [1.29, 1.82) is 0 Å². The minimum Gasteiger partial charge on any atom is -0.329 e. The van der Waals surface area contributed by atoms with Crippen LogP contribution in [0, 0.1) is 0 Å². The highest BCUT2D eigenvalue weighted by Gasteiger charge is 2.11. The van der Waals surface area contributed by atoms with Gasteiger partial charge in [0.2, 0.25) is 0 Å². The van der Waals surface area contributed by atoms with E-state index in [2.05, 4.69) is 0 Å². The molecule has 0 saturated carbocycles. The van der Waals surface area contributed by atoms with Crippen molar-refractivity contribution in [3.63, 3.8) is 0 Å². The largest absolute Gasteiger partial charge is 0.329 e. The molecule has 0 aromatic rings.